The van der Waals surface area contributed by atoms with Gasteiger partial charge in [-0.1, -0.05) is 0 Å². The predicted molar refractivity (Wildman–Crippen MR) is 61.5 cm³/mol. The normalized spacial score (nSPS) is 34.6. The quantitative estimate of drug-likeness (QED) is 0.861. The molecule has 0 radical (unpaired) electrons. The molecule has 0 unspecified atom stereocenters. The van der Waals surface area contributed by atoms with Crippen LogP contribution in [0.25, 0.3) is 0 Å². The average molecular weight is 285 g/mol. The van der Waals surface area contributed by atoms with Crippen LogP contribution in [0.3, 0.4) is 0 Å². The second-order valence-corrected chi connectivity index (χ2v) is 6.30. The molecule has 4 rings (SSSR count). The molecule has 0 spiro atoms. The van der Waals surface area contributed by atoms with E-state index in [1.165, 1.54) is 18.3 Å². The number of rotatable bonds is 1. The van der Waals surface area contributed by atoms with Gasteiger partial charge in [0.15, 0.2) is 5.69 Å². The van der Waals surface area contributed by atoms with Crippen LogP contribution in [-0.4, -0.2) is 10.5 Å². The Kier molecular flexibility index (Phi) is 2.59. The first-order valence-electron chi connectivity index (χ1n) is 5.08. The van der Waals surface area contributed by atoms with Crippen molar-refractivity contribution < 1.29 is 13.2 Å². The van der Waals surface area contributed by atoms with E-state index in [9.17, 15) is 13.2 Å². The number of hydrogen-bond donors (Lipinski definition) is 1. The lowest BCUT2D eigenvalue weighted by atomic mass is 9.40. The van der Waals surface area contributed by atoms with Gasteiger partial charge >= 0.3 is 6.18 Å². The summed E-state index contributed by atoms with van der Waals surface area (Å²) in [6, 6.07) is 0. The molecule has 17 heavy (non-hydrogen) atoms. The molecule has 96 valence electrons. The predicted octanol–water partition coefficient (Wildman–Crippen LogP) is 3.02. The van der Waals surface area contributed by atoms with Crippen LogP contribution in [0, 0.1) is 6.92 Å². The van der Waals surface area contributed by atoms with E-state index < -0.39 is 11.9 Å². The van der Waals surface area contributed by atoms with Gasteiger partial charge in [-0.2, -0.15) is 13.2 Å². The number of alkyl halides is 3. The van der Waals surface area contributed by atoms with Crippen LogP contribution in [0.15, 0.2) is 0 Å². The van der Waals surface area contributed by atoms with E-state index in [0.29, 0.717) is 5.01 Å². The Hall–Kier alpha value is -0.330. The van der Waals surface area contributed by atoms with Gasteiger partial charge in [0.2, 0.25) is 0 Å². The highest BCUT2D eigenvalue weighted by Gasteiger charge is 2.68. The third-order valence-electron chi connectivity index (χ3n) is 3.59. The summed E-state index contributed by atoms with van der Waals surface area (Å²) in [5.41, 5.74) is 4.96. The van der Waals surface area contributed by atoms with Crippen molar-refractivity contribution in [3.63, 3.8) is 0 Å². The van der Waals surface area contributed by atoms with Crippen molar-refractivity contribution in [1.29, 1.82) is 0 Å². The molecule has 1 heterocycles. The molecule has 7 heteroatoms. The van der Waals surface area contributed by atoms with Crippen molar-refractivity contribution in [3.05, 3.63) is 15.6 Å². The van der Waals surface area contributed by atoms with Crippen molar-refractivity contribution in [3.8, 4) is 0 Å². The molecule has 0 saturated heterocycles. The monoisotopic (exact) mass is 284 g/mol. The summed E-state index contributed by atoms with van der Waals surface area (Å²) < 4.78 is 37.7. The first-order chi connectivity index (χ1) is 7.24. The minimum atomic E-state index is -4.33. The summed E-state index contributed by atoms with van der Waals surface area (Å²) in [4.78, 5) is 4.04. The van der Waals surface area contributed by atoms with Gasteiger partial charge in [0.05, 0.1) is 5.01 Å². The smallest absolute Gasteiger partial charge is 0.325 e. The lowest BCUT2D eigenvalue weighted by Gasteiger charge is -2.68. The maximum atomic E-state index is 12.6. The van der Waals surface area contributed by atoms with Crippen molar-refractivity contribution >= 4 is 23.7 Å². The van der Waals surface area contributed by atoms with Gasteiger partial charge in [-0.3, -0.25) is 0 Å². The molecule has 0 atom stereocenters. The second kappa shape index (κ2) is 3.36. The molecular weight excluding hydrogens is 273 g/mol. The zero-order valence-electron chi connectivity index (χ0n) is 9.10. The molecular formula is C10H12ClF3N2S. The lowest BCUT2D eigenvalue weighted by Crippen LogP contribution is -2.74. The molecule has 2 bridgehead atoms. The van der Waals surface area contributed by atoms with Gasteiger partial charge in [-0.15, -0.1) is 23.7 Å². The fraction of sp³-hybridized carbons (Fsp3) is 0.700. The third-order valence-corrected chi connectivity index (χ3v) is 4.81. The maximum absolute atomic E-state index is 12.6. The number of thiazole rings is 1. The highest BCUT2D eigenvalue weighted by molar-refractivity contribution is 7.11. The molecule has 2 nitrogen and oxygen atoms in total. The Labute approximate surface area is 107 Å². The van der Waals surface area contributed by atoms with Crippen molar-refractivity contribution in [2.75, 3.05) is 0 Å². The molecule has 0 aliphatic heterocycles. The largest absolute Gasteiger partial charge is 0.434 e. The van der Waals surface area contributed by atoms with Gasteiger partial charge in [-0.05, 0) is 26.2 Å². The summed E-state index contributed by atoms with van der Waals surface area (Å²) in [5.74, 6) is 0. The van der Waals surface area contributed by atoms with Gasteiger partial charge in [0.1, 0.15) is 0 Å². The summed E-state index contributed by atoms with van der Waals surface area (Å²) in [6.07, 6.45) is -1.94. The van der Waals surface area contributed by atoms with Crippen LogP contribution >= 0.6 is 23.7 Å². The fourth-order valence-corrected chi connectivity index (χ4v) is 4.10. The molecule has 1 aromatic rings. The Morgan fingerprint density at radius 1 is 1.29 bits per heavy atom. The van der Waals surface area contributed by atoms with Gasteiger partial charge in [-0.25, -0.2) is 4.98 Å². The number of aryl methyl sites for hydroxylation is 1. The highest BCUT2D eigenvalue weighted by atomic mass is 35.5. The molecule has 2 N–H and O–H groups in total. The van der Waals surface area contributed by atoms with Crippen molar-refractivity contribution in [2.45, 2.75) is 43.3 Å². The number of hydrogen-bond acceptors (Lipinski definition) is 3. The summed E-state index contributed by atoms with van der Waals surface area (Å²) in [6.45, 7) is 1.48. The van der Waals surface area contributed by atoms with E-state index in [2.05, 4.69) is 4.98 Å². The van der Waals surface area contributed by atoms with Gasteiger partial charge in [0, 0.05) is 15.8 Å². The zero-order valence-corrected chi connectivity index (χ0v) is 10.7. The molecule has 1 aromatic heterocycles. The fourth-order valence-electron chi connectivity index (χ4n) is 2.98. The Morgan fingerprint density at radius 2 is 1.82 bits per heavy atom. The summed E-state index contributed by atoms with van der Waals surface area (Å²) in [5, 5.41) is 0.629. The molecule has 0 aromatic carbocycles. The van der Waals surface area contributed by atoms with Crippen LogP contribution in [-0.2, 0) is 11.6 Å². The van der Waals surface area contributed by atoms with Crippen molar-refractivity contribution in [1.82, 2.24) is 4.98 Å². The number of nitrogens with zero attached hydrogens (tertiary/aromatic N) is 1. The van der Waals surface area contributed by atoms with Crippen molar-refractivity contribution in [2.24, 2.45) is 5.73 Å². The van der Waals surface area contributed by atoms with E-state index in [0.717, 1.165) is 19.3 Å². The van der Waals surface area contributed by atoms with E-state index in [1.807, 2.05) is 0 Å². The summed E-state index contributed by atoms with van der Waals surface area (Å²) in [7, 11) is 0. The Morgan fingerprint density at radius 3 is 2.18 bits per heavy atom. The molecule has 3 saturated carbocycles. The van der Waals surface area contributed by atoms with E-state index >= 15 is 0 Å². The number of halogens is 4. The second-order valence-electron chi connectivity index (χ2n) is 5.09. The van der Waals surface area contributed by atoms with Crippen LogP contribution in [0.4, 0.5) is 13.2 Å². The highest BCUT2D eigenvalue weighted by Crippen LogP contribution is 2.67. The number of nitrogens with two attached hydrogens (primary N) is 1. The topological polar surface area (TPSA) is 38.9 Å². The minimum absolute atomic E-state index is 0. The minimum Gasteiger partial charge on any atom is -0.325 e. The molecule has 3 fully saturated rings. The first-order valence-corrected chi connectivity index (χ1v) is 5.90. The molecule has 3 aliphatic carbocycles. The maximum Gasteiger partial charge on any atom is 0.434 e. The Bertz CT molecular complexity index is 449. The standard InChI is InChI=1S/C10H11F3N2S.ClH/c1-5-6(10(11,12)13)15-7(16-5)8-2-9(14,3-8)4-8;/h2-4,14H2,1H3;1H. The molecule has 0 amide bonds. The van der Waals surface area contributed by atoms with E-state index in [1.54, 1.807) is 0 Å². The lowest BCUT2D eigenvalue weighted by molar-refractivity contribution is -0.141. The SMILES string of the molecule is Cc1sc(C23CC(N)(C2)C3)nc1C(F)(F)F.Cl. The van der Waals surface area contributed by atoms with E-state index in [4.69, 9.17) is 5.73 Å². The van der Waals surface area contributed by atoms with Crippen LogP contribution in [0.5, 0.6) is 0 Å². The van der Waals surface area contributed by atoms with Gasteiger partial charge in [0.25, 0.3) is 0 Å². The van der Waals surface area contributed by atoms with Crippen LogP contribution in [0.1, 0.15) is 34.8 Å². The first kappa shape index (κ1) is 13.1. The molecule has 3 aliphatic rings. The van der Waals surface area contributed by atoms with Gasteiger partial charge < -0.3 is 5.73 Å². The van der Waals surface area contributed by atoms with E-state index in [-0.39, 0.29) is 28.2 Å². The average Bonchev–Trinajstić information content (AvgIpc) is 2.38. The van der Waals surface area contributed by atoms with Crippen LogP contribution < -0.4 is 5.73 Å². The van der Waals surface area contributed by atoms with Crippen LogP contribution in [0.2, 0.25) is 0 Å². The summed E-state index contributed by atoms with van der Waals surface area (Å²) >= 11 is 1.17. The number of aromatic nitrogens is 1. The third kappa shape index (κ3) is 1.69. The zero-order chi connectivity index (χ0) is 11.8. The Balaban J connectivity index is 0.00000108.